The van der Waals surface area contributed by atoms with Gasteiger partial charge >= 0.3 is 0 Å². The van der Waals surface area contributed by atoms with Crippen LogP contribution in [0.2, 0.25) is 0 Å². The fourth-order valence-corrected chi connectivity index (χ4v) is 2.80. The molecule has 3 nitrogen and oxygen atoms in total. The number of benzene rings is 1. The van der Waals surface area contributed by atoms with Gasteiger partial charge in [-0.05, 0) is 23.1 Å². The molecule has 1 heterocycles. The number of hydrogen-bond acceptors (Lipinski definition) is 2. The van der Waals surface area contributed by atoms with Gasteiger partial charge in [0.1, 0.15) is 0 Å². The summed E-state index contributed by atoms with van der Waals surface area (Å²) in [7, 11) is 0. The van der Waals surface area contributed by atoms with Crippen LogP contribution in [0.4, 0.5) is 0 Å². The molecule has 2 rings (SSSR count). The third kappa shape index (κ3) is 5.17. The molecule has 1 amide bonds. The van der Waals surface area contributed by atoms with Crippen LogP contribution in [0.15, 0.2) is 60.5 Å². The second-order valence-electron chi connectivity index (χ2n) is 4.83. The van der Waals surface area contributed by atoms with Gasteiger partial charge in [-0.25, -0.2) is 0 Å². The summed E-state index contributed by atoms with van der Waals surface area (Å²) < 4.78 is 0. The van der Waals surface area contributed by atoms with Crippen LogP contribution >= 0.6 is 11.3 Å². The maximum Gasteiger partial charge on any atom is 0.278 e. The standard InChI is InChI=1S/C17H20N2OS/c1-2-10-18-12-17(20)19(14-16-9-6-11-21-16)13-15-7-4-3-5-8-15/h2-9,11,18H,1,10,12-14H2/p+1. The number of thiophene rings is 1. The fraction of sp³-hybridized carbons (Fsp3) is 0.235. The number of nitrogens with zero attached hydrogens (tertiary/aromatic N) is 1. The Morgan fingerprint density at radius 2 is 2.00 bits per heavy atom. The predicted octanol–water partition coefficient (Wildman–Crippen LogP) is 2.03. The molecular weight excluding hydrogens is 280 g/mol. The van der Waals surface area contributed by atoms with E-state index in [1.54, 1.807) is 11.3 Å². The summed E-state index contributed by atoms with van der Waals surface area (Å²) in [5.74, 6) is 0.161. The zero-order valence-electron chi connectivity index (χ0n) is 12.1. The number of rotatable bonds is 8. The first kappa shape index (κ1) is 15.5. The van der Waals surface area contributed by atoms with Gasteiger partial charge in [0.15, 0.2) is 6.54 Å². The molecule has 0 aliphatic carbocycles. The zero-order chi connectivity index (χ0) is 14.9. The van der Waals surface area contributed by atoms with E-state index in [1.165, 1.54) is 4.88 Å². The van der Waals surface area contributed by atoms with E-state index in [2.05, 4.69) is 24.8 Å². The number of carbonyl (C=O) groups excluding carboxylic acids is 1. The number of nitrogens with two attached hydrogens (primary N) is 1. The summed E-state index contributed by atoms with van der Waals surface area (Å²) in [6, 6.07) is 14.2. The average molecular weight is 301 g/mol. The highest BCUT2D eigenvalue weighted by atomic mass is 32.1. The molecule has 0 fully saturated rings. The minimum Gasteiger partial charge on any atom is -0.335 e. The van der Waals surface area contributed by atoms with Crippen molar-refractivity contribution in [2.45, 2.75) is 13.1 Å². The number of hydrogen-bond donors (Lipinski definition) is 1. The van der Waals surface area contributed by atoms with E-state index in [0.717, 1.165) is 12.1 Å². The molecule has 4 heteroatoms. The summed E-state index contributed by atoms with van der Waals surface area (Å²) in [5, 5.41) is 4.02. The quantitative estimate of drug-likeness (QED) is 0.588. The SMILES string of the molecule is C=CC[NH2+]CC(=O)N(Cc1ccccc1)Cc1cccs1. The molecule has 2 N–H and O–H groups in total. The molecule has 0 aliphatic heterocycles. The fourth-order valence-electron chi connectivity index (χ4n) is 2.08. The Morgan fingerprint density at radius 3 is 2.67 bits per heavy atom. The highest BCUT2D eigenvalue weighted by Crippen LogP contribution is 2.14. The molecule has 0 saturated heterocycles. The Morgan fingerprint density at radius 1 is 1.19 bits per heavy atom. The molecule has 2 aromatic rings. The van der Waals surface area contributed by atoms with Gasteiger partial charge in [0.05, 0.1) is 13.1 Å². The van der Waals surface area contributed by atoms with Crippen molar-refractivity contribution in [3.8, 4) is 0 Å². The summed E-state index contributed by atoms with van der Waals surface area (Å²) in [5.41, 5.74) is 1.16. The van der Waals surface area contributed by atoms with Crippen molar-refractivity contribution in [3.05, 3.63) is 70.9 Å². The van der Waals surface area contributed by atoms with Gasteiger partial charge in [-0.1, -0.05) is 43.0 Å². The minimum absolute atomic E-state index is 0.161. The molecule has 0 atom stereocenters. The van der Waals surface area contributed by atoms with Gasteiger partial charge in [-0.3, -0.25) is 4.79 Å². The van der Waals surface area contributed by atoms with Crippen molar-refractivity contribution in [2.75, 3.05) is 13.1 Å². The predicted molar refractivity (Wildman–Crippen MR) is 86.9 cm³/mol. The Hall–Kier alpha value is -1.91. The lowest BCUT2D eigenvalue weighted by molar-refractivity contribution is -0.635. The topological polar surface area (TPSA) is 36.9 Å². The van der Waals surface area contributed by atoms with Crippen molar-refractivity contribution >= 4 is 17.2 Å². The van der Waals surface area contributed by atoms with Crippen LogP contribution in [0.3, 0.4) is 0 Å². The highest BCUT2D eigenvalue weighted by Gasteiger charge is 2.16. The Balaban J connectivity index is 2.02. The second kappa shape index (κ2) is 8.39. The van der Waals surface area contributed by atoms with Gasteiger partial charge in [0.2, 0.25) is 0 Å². The lowest BCUT2D eigenvalue weighted by atomic mass is 10.2. The van der Waals surface area contributed by atoms with Crippen molar-refractivity contribution < 1.29 is 10.1 Å². The van der Waals surface area contributed by atoms with E-state index in [0.29, 0.717) is 19.6 Å². The van der Waals surface area contributed by atoms with Gasteiger partial charge in [0, 0.05) is 11.4 Å². The van der Waals surface area contributed by atoms with Crippen molar-refractivity contribution in [1.82, 2.24) is 4.90 Å². The summed E-state index contributed by atoms with van der Waals surface area (Å²) in [6.07, 6.45) is 1.81. The smallest absolute Gasteiger partial charge is 0.278 e. The van der Waals surface area contributed by atoms with E-state index in [4.69, 9.17) is 0 Å². The Labute approximate surface area is 129 Å². The molecule has 0 aliphatic rings. The monoisotopic (exact) mass is 301 g/mol. The van der Waals surface area contributed by atoms with Crippen LogP contribution in [-0.2, 0) is 17.9 Å². The van der Waals surface area contributed by atoms with Crippen LogP contribution in [0.1, 0.15) is 10.4 Å². The van der Waals surface area contributed by atoms with Gasteiger partial charge in [0.25, 0.3) is 5.91 Å². The lowest BCUT2D eigenvalue weighted by Crippen LogP contribution is -2.86. The molecule has 0 saturated carbocycles. The number of quaternary nitrogens is 1. The number of carbonyl (C=O) groups is 1. The maximum atomic E-state index is 12.4. The molecule has 21 heavy (non-hydrogen) atoms. The Bertz CT molecular complexity index is 551. The molecule has 1 aromatic carbocycles. The first-order valence-electron chi connectivity index (χ1n) is 7.06. The van der Waals surface area contributed by atoms with Gasteiger partial charge in [-0.15, -0.1) is 11.3 Å². The molecule has 0 bridgehead atoms. The highest BCUT2D eigenvalue weighted by molar-refractivity contribution is 7.09. The first-order valence-corrected chi connectivity index (χ1v) is 7.94. The maximum absolute atomic E-state index is 12.4. The summed E-state index contributed by atoms with van der Waals surface area (Å²) in [6.45, 7) is 6.23. The second-order valence-corrected chi connectivity index (χ2v) is 5.86. The van der Waals surface area contributed by atoms with Crippen LogP contribution in [0, 0.1) is 0 Å². The summed E-state index contributed by atoms with van der Waals surface area (Å²) >= 11 is 1.69. The van der Waals surface area contributed by atoms with E-state index in [-0.39, 0.29) is 5.91 Å². The average Bonchev–Trinajstić information content (AvgIpc) is 3.01. The third-order valence-corrected chi connectivity index (χ3v) is 4.01. The van der Waals surface area contributed by atoms with Crippen LogP contribution < -0.4 is 5.32 Å². The lowest BCUT2D eigenvalue weighted by Gasteiger charge is -2.21. The van der Waals surface area contributed by atoms with E-state index in [9.17, 15) is 4.79 Å². The first-order chi connectivity index (χ1) is 10.3. The third-order valence-electron chi connectivity index (χ3n) is 3.15. The van der Waals surface area contributed by atoms with Crippen molar-refractivity contribution in [3.63, 3.8) is 0 Å². The molecular formula is C17H21N2OS+. The van der Waals surface area contributed by atoms with Crippen LogP contribution in [-0.4, -0.2) is 23.9 Å². The van der Waals surface area contributed by atoms with Gasteiger partial charge in [-0.2, -0.15) is 0 Å². The number of amides is 1. The molecule has 0 unspecified atom stereocenters. The van der Waals surface area contributed by atoms with E-state index >= 15 is 0 Å². The van der Waals surface area contributed by atoms with Crippen molar-refractivity contribution in [2.24, 2.45) is 0 Å². The van der Waals surface area contributed by atoms with E-state index < -0.39 is 0 Å². The minimum atomic E-state index is 0.161. The molecule has 0 radical (unpaired) electrons. The largest absolute Gasteiger partial charge is 0.335 e. The van der Waals surface area contributed by atoms with Crippen molar-refractivity contribution in [1.29, 1.82) is 0 Å². The van der Waals surface area contributed by atoms with Crippen LogP contribution in [0.5, 0.6) is 0 Å². The zero-order valence-corrected chi connectivity index (χ0v) is 12.9. The summed E-state index contributed by atoms with van der Waals surface area (Å²) in [4.78, 5) is 15.5. The Kier molecular flexibility index (Phi) is 6.19. The van der Waals surface area contributed by atoms with Crippen LogP contribution in [0.25, 0.3) is 0 Å². The molecule has 1 aromatic heterocycles. The van der Waals surface area contributed by atoms with E-state index in [1.807, 2.05) is 45.9 Å². The normalized spacial score (nSPS) is 10.3. The molecule has 0 spiro atoms. The van der Waals surface area contributed by atoms with Gasteiger partial charge < -0.3 is 10.2 Å². The molecule has 110 valence electrons.